The Morgan fingerprint density at radius 3 is 2.29 bits per heavy atom. The van der Waals surface area contributed by atoms with Crippen molar-refractivity contribution in [2.75, 3.05) is 12.9 Å². The summed E-state index contributed by atoms with van der Waals surface area (Å²) in [4.78, 5) is 0. The molecule has 0 spiro atoms. The van der Waals surface area contributed by atoms with Crippen LogP contribution in [-0.4, -0.2) is 42.6 Å². The first-order chi connectivity index (χ1) is 7.90. The van der Waals surface area contributed by atoms with Gasteiger partial charge in [0.15, 0.2) is 9.84 Å². The van der Waals surface area contributed by atoms with Gasteiger partial charge in [-0.2, -0.15) is 0 Å². The van der Waals surface area contributed by atoms with E-state index in [4.69, 9.17) is 21.9 Å². The molecule has 0 bridgehead atoms. The van der Waals surface area contributed by atoms with Crippen LogP contribution in [0.4, 0.5) is 0 Å². The Bertz CT molecular complexity index is 510. The fraction of sp³-hybridized carbons (Fsp3) is 0.300. The van der Waals surface area contributed by atoms with E-state index in [1.54, 1.807) is 12.1 Å². The summed E-state index contributed by atoms with van der Waals surface area (Å²) >= 11 is 5.69. The number of oxime groups is 1. The number of hydrogen-bond acceptors (Lipinski definition) is 5. The molecule has 1 aromatic rings. The standard InChI is InChI=1S/C10H12ClNO4S/c1-17(15,16)9(6-13)10(12-14)7-2-4-8(11)5-3-7/h2-5,9,13-14H,6H2,1H3/b12-10-/t9-/m0/s1. The summed E-state index contributed by atoms with van der Waals surface area (Å²) in [5.74, 6) is 0. The second-order valence-corrected chi connectivity index (χ2v) is 6.16. The highest BCUT2D eigenvalue weighted by atomic mass is 35.5. The predicted molar refractivity (Wildman–Crippen MR) is 65.5 cm³/mol. The molecule has 0 aromatic heterocycles. The van der Waals surface area contributed by atoms with Crippen LogP contribution in [0.2, 0.25) is 5.02 Å². The SMILES string of the molecule is CS(=O)(=O)[C@@H](CO)/C(=N\O)c1ccc(Cl)cc1. The van der Waals surface area contributed by atoms with Crippen molar-refractivity contribution in [3.63, 3.8) is 0 Å². The maximum absolute atomic E-state index is 11.4. The zero-order valence-electron chi connectivity index (χ0n) is 9.04. The van der Waals surface area contributed by atoms with Gasteiger partial charge in [-0.25, -0.2) is 8.42 Å². The minimum atomic E-state index is -3.56. The fourth-order valence-electron chi connectivity index (χ4n) is 1.35. The molecular formula is C10H12ClNO4S. The highest BCUT2D eigenvalue weighted by Gasteiger charge is 2.27. The number of sulfone groups is 1. The zero-order valence-corrected chi connectivity index (χ0v) is 10.6. The minimum absolute atomic E-state index is 0.105. The van der Waals surface area contributed by atoms with E-state index in [-0.39, 0.29) is 5.71 Å². The Morgan fingerprint density at radius 2 is 1.94 bits per heavy atom. The smallest absolute Gasteiger partial charge is 0.158 e. The molecule has 1 aromatic carbocycles. The number of benzene rings is 1. The fourth-order valence-corrected chi connectivity index (χ4v) is 2.34. The van der Waals surface area contributed by atoms with Crippen LogP contribution in [0.15, 0.2) is 29.4 Å². The van der Waals surface area contributed by atoms with Crippen molar-refractivity contribution in [2.24, 2.45) is 5.16 Å². The van der Waals surface area contributed by atoms with Crippen LogP contribution in [0, 0.1) is 0 Å². The molecule has 1 rings (SSSR count). The number of nitrogens with zero attached hydrogens (tertiary/aromatic N) is 1. The van der Waals surface area contributed by atoms with Gasteiger partial charge in [0.05, 0.1) is 6.61 Å². The van der Waals surface area contributed by atoms with Crippen molar-refractivity contribution in [1.82, 2.24) is 0 Å². The molecule has 0 amide bonds. The lowest BCUT2D eigenvalue weighted by Crippen LogP contribution is -2.33. The van der Waals surface area contributed by atoms with Crippen LogP contribution < -0.4 is 0 Å². The first-order valence-corrected chi connectivity index (χ1v) is 7.01. The maximum Gasteiger partial charge on any atom is 0.158 e. The molecule has 94 valence electrons. The number of halogens is 1. The molecule has 0 radical (unpaired) electrons. The average molecular weight is 278 g/mol. The van der Waals surface area contributed by atoms with Crippen molar-refractivity contribution >= 4 is 27.1 Å². The molecule has 2 N–H and O–H groups in total. The molecule has 0 aliphatic carbocycles. The Labute approximate surface area is 104 Å². The zero-order chi connectivity index (χ0) is 13.1. The van der Waals surface area contributed by atoms with Crippen molar-refractivity contribution in [1.29, 1.82) is 0 Å². The second kappa shape index (κ2) is 5.48. The number of aliphatic hydroxyl groups is 1. The third kappa shape index (κ3) is 3.42. The van der Waals surface area contributed by atoms with Gasteiger partial charge in [-0.05, 0) is 12.1 Å². The van der Waals surface area contributed by atoms with Gasteiger partial charge >= 0.3 is 0 Å². The molecule has 7 heteroatoms. The predicted octanol–water partition coefficient (Wildman–Crippen LogP) is 0.924. The van der Waals surface area contributed by atoms with Gasteiger partial charge in [0.1, 0.15) is 11.0 Å². The quantitative estimate of drug-likeness (QED) is 0.487. The Hall–Kier alpha value is -1.11. The molecule has 0 unspecified atom stereocenters. The van der Waals surface area contributed by atoms with Gasteiger partial charge in [-0.15, -0.1) is 0 Å². The summed E-state index contributed by atoms with van der Waals surface area (Å²) in [6.45, 7) is -0.652. The Kier molecular flexibility index (Phi) is 4.50. The summed E-state index contributed by atoms with van der Waals surface area (Å²) in [6.07, 6.45) is 0.967. The van der Waals surface area contributed by atoms with Gasteiger partial charge in [-0.1, -0.05) is 28.9 Å². The molecular weight excluding hydrogens is 266 g/mol. The monoisotopic (exact) mass is 277 g/mol. The first kappa shape index (κ1) is 14.0. The molecule has 1 atom stereocenters. The summed E-state index contributed by atoms with van der Waals surface area (Å²) < 4.78 is 22.9. The maximum atomic E-state index is 11.4. The molecule has 0 aliphatic rings. The van der Waals surface area contributed by atoms with E-state index in [2.05, 4.69) is 5.16 Å². The third-order valence-corrected chi connectivity index (χ3v) is 3.89. The normalized spacial score (nSPS) is 14.6. The lowest BCUT2D eigenvalue weighted by Gasteiger charge is -2.13. The van der Waals surface area contributed by atoms with Crippen molar-refractivity contribution in [3.05, 3.63) is 34.9 Å². The van der Waals surface area contributed by atoms with E-state index < -0.39 is 21.7 Å². The van der Waals surface area contributed by atoms with Gasteiger partial charge in [0.2, 0.25) is 0 Å². The van der Waals surface area contributed by atoms with E-state index >= 15 is 0 Å². The summed E-state index contributed by atoms with van der Waals surface area (Å²) in [7, 11) is -3.56. The van der Waals surface area contributed by atoms with Gasteiger partial charge in [0.25, 0.3) is 0 Å². The summed E-state index contributed by atoms with van der Waals surface area (Å²) in [5.41, 5.74) is 0.285. The van der Waals surface area contributed by atoms with Crippen molar-refractivity contribution in [2.45, 2.75) is 5.25 Å². The van der Waals surface area contributed by atoms with Gasteiger partial charge < -0.3 is 10.3 Å². The van der Waals surface area contributed by atoms with Crippen molar-refractivity contribution in [3.8, 4) is 0 Å². The number of hydrogen-bond donors (Lipinski definition) is 2. The second-order valence-electron chi connectivity index (χ2n) is 3.49. The van der Waals surface area contributed by atoms with E-state index in [0.29, 0.717) is 10.6 Å². The topological polar surface area (TPSA) is 87.0 Å². The highest BCUT2D eigenvalue weighted by molar-refractivity contribution is 7.92. The van der Waals surface area contributed by atoms with E-state index in [9.17, 15) is 8.42 Å². The molecule has 0 heterocycles. The van der Waals surface area contributed by atoms with Crippen LogP contribution in [0.5, 0.6) is 0 Å². The minimum Gasteiger partial charge on any atom is -0.411 e. The molecule has 5 nitrogen and oxygen atoms in total. The van der Waals surface area contributed by atoms with E-state index in [0.717, 1.165) is 6.26 Å². The number of rotatable bonds is 4. The van der Waals surface area contributed by atoms with Gasteiger partial charge in [-0.3, -0.25) is 0 Å². The van der Waals surface area contributed by atoms with Crippen LogP contribution >= 0.6 is 11.6 Å². The largest absolute Gasteiger partial charge is 0.411 e. The third-order valence-electron chi connectivity index (χ3n) is 2.24. The first-order valence-electron chi connectivity index (χ1n) is 4.67. The van der Waals surface area contributed by atoms with Gasteiger partial charge in [0, 0.05) is 16.8 Å². The van der Waals surface area contributed by atoms with Crippen molar-refractivity contribution < 1.29 is 18.7 Å². The molecule has 0 fully saturated rings. The number of aliphatic hydroxyl groups excluding tert-OH is 1. The van der Waals surface area contributed by atoms with Crippen LogP contribution in [-0.2, 0) is 9.84 Å². The summed E-state index contributed by atoms with van der Waals surface area (Å²) in [5, 5.41) is 20.2. The average Bonchev–Trinajstić information content (AvgIpc) is 2.25. The lowest BCUT2D eigenvalue weighted by atomic mass is 10.1. The Balaban J connectivity index is 3.20. The molecule has 0 saturated carbocycles. The molecule has 0 saturated heterocycles. The van der Waals surface area contributed by atoms with Crippen LogP contribution in [0.1, 0.15) is 5.56 Å². The van der Waals surface area contributed by atoms with Crippen LogP contribution in [0.3, 0.4) is 0 Å². The van der Waals surface area contributed by atoms with Crippen LogP contribution in [0.25, 0.3) is 0 Å². The van der Waals surface area contributed by atoms with E-state index in [1.807, 2.05) is 0 Å². The lowest BCUT2D eigenvalue weighted by molar-refractivity contribution is 0.296. The molecule has 0 aliphatic heterocycles. The molecule has 17 heavy (non-hydrogen) atoms. The Morgan fingerprint density at radius 1 is 1.41 bits per heavy atom. The highest BCUT2D eigenvalue weighted by Crippen LogP contribution is 2.14. The summed E-state index contributed by atoms with van der Waals surface area (Å²) in [6, 6.07) is 6.12. The van der Waals surface area contributed by atoms with E-state index in [1.165, 1.54) is 12.1 Å².